The van der Waals surface area contributed by atoms with Gasteiger partial charge in [-0.25, -0.2) is 0 Å². The summed E-state index contributed by atoms with van der Waals surface area (Å²) < 4.78 is 6.30. The number of ketones is 1. The van der Waals surface area contributed by atoms with Gasteiger partial charge in [0.05, 0.1) is 6.42 Å². The topological polar surface area (TPSA) is 55.4 Å². The maximum atomic E-state index is 12.6. The molecule has 0 bridgehead atoms. The molecule has 1 aromatic rings. The zero-order valence-electron chi connectivity index (χ0n) is 10.6. The quantitative estimate of drug-likeness (QED) is 0.851. The van der Waals surface area contributed by atoms with E-state index in [2.05, 4.69) is 21.2 Å². The lowest BCUT2D eigenvalue weighted by Gasteiger charge is -2.22. The number of carbonyl (C=O) groups is 2. The second kappa shape index (κ2) is 4.42. The summed E-state index contributed by atoms with van der Waals surface area (Å²) in [5, 5.41) is 2.77. The molecule has 2 aliphatic heterocycles. The summed E-state index contributed by atoms with van der Waals surface area (Å²) >= 11 is 3.41. The minimum Gasteiger partial charge on any atom is -0.367 e. The van der Waals surface area contributed by atoms with Crippen LogP contribution in [0.1, 0.15) is 35.7 Å². The fraction of sp³-hybridized carbons (Fsp3) is 0.429. The van der Waals surface area contributed by atoms with Crippen molar-refractivity contribution in [1.29, 1.82) is 0 Å². The zero-order chi connectivity index (χ0) is 13.6. The molecule has 1 amide bonds. The molecule has 0 radical (unpaired) electrons. The molecule has 0 saturated carbocycles. The van der Waals surface area contributed by atoms with Gasteiger partial charge in [0, 0.05) is 22.3 Å². The molecule has 3 rings (SSSR count). The zero-order valence-corrected chi connectivity index (χ0v) is 12.2. The summed E-state index contributed by atoms with van der Waals surface area (Å²) in [5.74, 6) is -0.0474. The molecule has 1 N–H and O–H groups in total. The van der Waals surface area contributed by atoms with Crippen LogP contribution in [0.15, 0.2) is 16.6 Å². The van der Waals surface area contributed by atoms with E-state index in [9.17, 15) is 9.59 Å². The lowest BCUT2D eigenvalue weighted by molar-refractivity contribution is -0.115. The maximum absolute atomic E-state index is 12.6. The number of amides is 1. The van der Waals surface area contributed by atoms with E-state index in [-0.39, 0.29) is 11.7 Å². The van der Waals surface area contributed by atoms with Gasteiger partial charge in [-0.15, -0.1) is 0 Å². The molecule has 2 heterocycles. The predicted molar refractivity (Wildman–Crippen MR) is 74.4 cm³/mol. The number of rotatable bonds is 2. The van der Waals surface area contributed by atoms with Gasteiger partial charge >= 0.3 is 0 Å². The largest absolute Gasteiger partial charge is 0.367 e. The molecule has 0 aromatic heterocycles. The lowest BCUT2D eigenvalue weighted by atomic mass is 9.91. The minimum atomic E-state index is -0.729. The summed E-state index contributed by atoms with van der Waals surface area (Å²) in [5.41, 5.74) is 1.52. The lowest BCUT2D eigenvalue weighted by Crippen LogP contribution is -2.34. The number of benzene rings is 1. The first-order chi connectivity index (χ1) is 8.99. The second-order valence-corrected chi connectivity index (χ2v) is 6.08. The number of ether oxygens (including phenoxy) is 1. The molecule has 5 heteroatoms. The van der Waals surface area contributed by atoms with Gasteiger partial charge in [0.25, 0.3) is 0 Å². The Balaban J connectivity index is 2.00. The Morgan fingerprint density at radius 1 is 1.47 bits per heavy atom. The normalized spacial score (nSPS) is 25.3. The van der Waals surface area contributed by atoms with Crippen molar-refractivity contribution in [2.45, 2.75) is 31.8 Å². The van der Waals surface area contributed by atoms with Crippen LogP contribution in [-0.2, 0) is 16.0 Å². The first kappa shape index (κ1) is 12.8. The van der Waals surface area contributed by atoms with Gasteiger partial charge in [-0.2, -0.15) is 0 Å². The number of halogens is 1. The Labute approximate surface area is 119 Å². The molecule has 19 heavy (non-hydrogen) atoms. The number of carbonyl (C=O) groups excluding carboxylic acids is 2. The highest BCUT2D eigenvalue weighted by atomic mass is 79.9. The first-order valence-corrected chi connectivity index (χ1v) is 7.10. The number of Topliss-reactive ketones (excluding diaryl/α,β-unsaturated/α-hetero) is 1. The molecule has 0 spiro atoms. The van der Waals surface area contributed by atoms with Crippen LogP contribution in [-0.4, -0.2) is 23.9 Å². The third-order valence-electron chi connectivity index (χ3n) is 3.76. The van der Waals surface area contributed by atoms with Gasteiger partial charge < -0.3 is 10.1 Å². The van der Waals surface area contributed by atoms with E-state index in [1.165, 1.54) is 0 Å². The van der Waals surface area contributed by atoms with Gasteiger partial charge in [-0.05, 0) is 53.4 Å². The maximum Gasteiger partial charge on any atom is 0.228 e. The van der Waals surface area contributed by atoms with Crippen molar-refractivity contribution in [2.75, 3.05) is 11.9 Å². The Bertz CT molecular complexity index is 576. The standard InChI is InChI=1S/C14H14BrNO3/c1-14(3-2-4-19-14)13(18)9-5-8-6-12(17)16-11(8)7-10(9)15/h5,7H,2-4,6H2,1H3,(H,16,17). The van der Waals surface area contributed by atoms with Crippen molar-refractivity contribution >= 4 is 33.3 Å². The highest BCUT2D eigenvalue weighted by molar-refractivity contribution is 9.10. The van der Waals surface area contributed by atoms with Crippen LogP contribution in [0.5, 0.6) is 0 Å². The number of hydrogen-bond donors (Lipinski definition) is 1. The van der Waals surface area contributed by atoms with Gasteiger partial charge in [-0.3, -0.25) is 9.59 Å². The average Bonchev–Trinajstić information content (AvgIpc) is 2.93. The summed E-state index contributed by atoms with van der Waals surface area (Å²) in [6.07, 6.45) is 1.98. The molecule has 1 atom stereocenters. The monoisotopic (exact) mass is 323 g/mol. The predicted octanol–water partition coefficient (Wildman–Crippen LogP) is 2.70. The van der Waals surface area contributed by atoms with E-state index in [0.29, 0.717) is 23.1 Å². The molecule has 1 saturated heterocycles. The summed E-state index contributed by atoms with van der Waals surface area (Å²) in [6.45, 7) is 2.47. The number of hydrogen-bond acceptors (Lipinski definition) is 3. The average molecular weight is 324 g/mol. The Morgan fingerprint density at radius 2 is 2.26 bits per heavy atom. The molecule has 2 aliphatic rings. The van der Waals surface area contributed by atoms with Crippen molar-refractivity contribution in [2.24, 2.45) is 0 Å². The van der Waals surface area contributed by atoms with Crippen molar-refractivity contribution in [3.05, 3.63) is 27.7 Å². The molecule has 1 fully saturated rings. The molecule has 4 nitrogen and oxygen atoms in total. The summed E-state index contributed by atoms with van der Waals surface area (Å²) in [4.78, 5) is 24.0. The van der Waals surface area contributed by atoms with Crippen molar-refractivity contribution in [3.8, 4) is 0 Å². The third kappa shape index (κ3) is 2.11. The Morgan fingerprint density at radius 3 is 2.95 bits per heavy atom. The molecular weight excluding hydrogens is 310 g/mol. The van der Waals surface area contributed by atoms with E-state index < -0.39 is 5.60 Å². The van der Waals surface area contributed by atoms with E-state index in [1.54, 1.807) is 12.1 Å². The van der Waals surface area contributed by atoms with Crippen LogP contribution in [0.4, 0.5) is 5.69 Å². The highest BCUT2D eigenvalue weighted by Gasteiger charge is 2.39. The van der Waals surface area contributed by atoms with Crippen LogP contribution in [0.3, 0.4) is 0 Å². The Hall–Kier alpha value is -1.20. The molecular formula is C14H14BrNO3. The fourth-order valence-corrected chi connectivity index (χ4v) is 3.19. The summed E-state index contributed by atoms with van der Waals surface area (Å²) in [6, 6.07) is 3.60. The SMILES string of the molecule is CC1(C(=O)c2cc3c(cc2Br)NC(=O)C3)CCCO1. The smallest absolute Gasteiger partial charge is 0.228 e. The van der Waals surface area contributed by atoms with E-state index >= 15 is 0 Å². The highest BCUT2D eigenvalue weighted by Crippen LogP contribution is 2.35. The fourth-order valence-electron chi connectivity index (χ4n) is 2.67. The van der Waals surface area contributed by atoms with Gasteiger partial charge in [0.2, 0.25) is 5.91 Å². The number of anilines is 1. The molecule has 1 unspecified atom stereocenters. The van der Waals surface area contributed by atoms with Gasteiger partial charge in [-0.1, -0.05) is 0 Å². The Kier molecular flexibility index (Phi) is 2.98. The number of fused-ring (bicyclic) bond motifs is 1. The van der Waals surface area contributed by atoms with Crippen LogP contribution in [0.2, 0.25) is 0 Å². The first-order valence-electron chi connectivity index (χ1n) is 6.31. The third-order valence-corrected chi connectivity index (χ3v) is 4.42. The number of nitrogens with one attached hydrogen (secondary N) is 1. The second-order valence-electron chi connectivity index (χ2n) is 5.23. The van der Waals surface area contributed by atoms with Crippen LogP contribution in [0.25, 0.3) is 0 Å². The summed E-state index contributed by atoms with van der Waals surface area (Å²) in [7, 11) is 0. The van der Waals surface area contributed by atoms with Crippen molar-refractivity contribution in [1.82, 2.24) is 0 Å². The van der Waals surface area contributed by atoms with E-state index in [0.717, 1.165) is 24.1 Å². The molecule has 1 aromatic carbocycles. The van der Waals surface area contributed by atoms with E-state index in [4.69, 9.17) is 4.74 Å². The molecule has 100 valence electrons. The van der Waals surface area contributed by atoms with Crippen molar-refractivity contribution in [3.63, 3.8) is 0 Å². The molecule has 0 aliphatic carbocycles. The van der Waals surface area contributed by atoms with Crippen LogP contribution >= 0.6 is 15.9 Å². The van der Waals surface area contributed by atoms with Gasteiger partial charge in [0.15, 0.2) is 5.78 Å². The minimum absolute atomic E-state index is 0.0148. The van der Waals surface area contributed by atoms with Crippen LogP contribution < -0.4 is 5.32 Å². The van der Waals surface area contributed by atoms with E-state index in [1.807, 2.05) is 6.92 Å². The van der Waals surface area contributed by atoms with Gasteiger partial charge in [0.1, 0.15) is 5.60 Å². The van der Waals surface area contributed by atoms with Crippen LogP contribution in [0, 0.1) is 0 Å². The van der Waals surface area contributed by atoms with Crippen molar-refractivity contribution < 1.29 is 14.3 Å².